The van der Waals surface area contributed by atoms with E-state index in [2.05, 4.69) is 18.1 Å². The summed E-state index contributed by atoms with van der Waals surface area (Å²) >= 11 is 10.0. The van der Waals surface area contributed by atoms with Crippen LogP contribution in [0.5, 0.6) is 0 Å². The highest BCUT2D eigenvalue weighted by Gasteiger charge is 2.18. The third kappa shape index (κ3) is 3.98. The predicted octanol–water partition coefficient (Wildman–Crippen LogP) is 3.57. The Balaban J connectivity index is 2.11. The summed E-state index contributed by atoms with van der Waals surface area (Å²) in [6.07, 6.45) is 0.369. The van der Waals surface area contributed by atoms with Crippen LogP contribution in [-0.2, 0) is 0 Å². The summed E-state index contributed by atoms with van der Waals surface area (Å²) in [6, 6.07) is 5.18. The molecule has 2 aromatic rings. The summed E-state index contributed by atoms with van der Waals surface area (Å²) in [7, 11) is 0. The van der Waals surface area contributed by atoms with Crippen molar-refractivity contribution >= 4 is 47.8 Å². The van der Waals surface area contributed by atoms with Crippen molar-refractivity contribution in [3.05, 3.63) is 46.9 Å². The fourth-order valence-electron chi connectivity index (χ4n) is 1.79. The Kier molecular flexibility index (Phi) is 5.19. The first kappa shape index (κ1) is 17.2. The summed E-state index contributed by atoms with van der Waals surface area (Å²) in [4.78, 5) is 22.8. The summed E-state index contributed by atoms with van der Waals surface area (Å²) < 4.78 is 5.69. The van der Waals surface area contributed by atoms with Crippen LogP contribution in [0.15, 0.2) is 34.9 Å². The molecule has 0 aliphatic rings. The Morgan fingerprint density at radius 3 is 2.61 bits per heavy atom. The third-order valence-electron chi connectivity index (χ3n) is 2.94. The molecule has 1 aromatic heterocycles. The van der Waals surface area contributed by atoms with Gasteiger partial charge in [0, 0.05) is 16.8 Å². The van der Waals surface area contributed by atoms with Gasteiger partial charge in [0.25, 0.3) is 0 Å². The van der Waals surface area contributed by atoms with E-state index in [1.807, 2.05) is 0 Å². The van der Waals surface area contributed by atoms with Crippen LogP contribution >= 0.6 is 24.4 Å². The molecule has 1 unspecified atom stereocenters. The molecule has 0 saturated heterocycles. The van der Waals surface area contributed by atoms with Crippen molar-refractivity contribution < 1.29 is 24.2 Å². The number of nitrogens with one attached hydrogen (secondary N) is 1. The smallest absolute Gasteiger partial charge is 0.371 e. The van der Waals surface area contributed by atoms with Gasteiger partial charge in [-0.1, -0.05) is 30.5 Å². The minimum Gasteiger partial charge on any atom is -0.475 e. The number of anilines is 2. The van der Waals surface area contributed by atoms with Gasteiger partial charge in [-0.2, -0.15) is 0 Å². The molecular weight excluding hydrogens is 344 g/mol. The van der Waals surface area contributed by atoms with Crippen LogP contribution in [0.3, 0.4) is 0 Å². The number of rotatable bonds is 4. The summed E-state index contributed by atoms with van der Waals surface area (Å²) in [5, 5.41) is 21.1. The summed E-state index contributed by atoms with van der Waals surface area (Å²) in [5.41, 5.74) is 1.09. The van der Waals surface area contributed by atoms with E-state index in [4.69, 9.17) is 21.1 Å². The van der Waals surface area contributed by atoms with Crippen molar-refractivity contribution in [2.45, 2.75) is 13.0 Å². The molecule has 0 fully saturated rings. The number of aliphatic hydroxyl groups excluding tert-OH is 1. The van der Waals surface area contributed by atoms with Gasteiger partial charge in [-0.15, -0.1) is 0 Å². The molecule has 0 aliphatic carbocycles. The standard InChI is InChI=1S/C14H13ClN2O5S/c1-7(18)10-3-2-8(4-11(10)15)16-14(21)17(23)9-5-12(13(19)20)22-6-9/h2-7,18,23H,1H3,(H,16,21)(H,19,20). The number of hydrogen-bond donors (Lipinski definition) is 4. The number of aromatic carboxylic acids is 1. The molecule has 7 nitrogen and oxygen atoms in total. The number of hydrogen-bond acceptors (Lipinski definition) is 5. The molecule has 2 rings (SSSR count). The van der Waals surface area contributed by atoms with Gasteiger partial charge in [-0.05, 0) is 24.6 Å². The first-order chi connectivity index (χ1) is 10.8. The van der Waals surface area contributed by atoms with Gasteiger partial charge >= 0.3 is 12.0 Å². The largest absolute Gasteiger partial charge is 0.475 e. The lowest BCUT2D eigenvalue weighted by molar-refractivity contribution is 0.0662. The van der Waals surface area contributed by atoms with Crippen molar-refractivity contribution in [1.29, 1.82) is 0 Å². The lowest BCUT2D eigenvalue weighted by atomic mass is 10.1. The molecule has 2 amide bonds. The zero-order chi connectivity index (χ0) is 17.1. The number of carboxylic acid groups (broad SMARTS) is 1. The molecule has 9 heteroatoms. The van der Waals surface area contributed by atoms with Crippen molar-refractivity contribution in [3.63, 3.8) is 0 Å². The van der Waals surface area contributed by atoms with E-state index in [1.165, 1.54) is 12.1 Å². The maximum atomic E-state index is 12.1. The molecule has 1 aromatic carbocycles. The number of amides is 2. The van der Waals surface area contributed by atoms with Crippen molar-refractivity contribution in [2.75, 3.05) is 9.62 Å². The lowest BCUT2D eigenvalue weighted by Gasteiger charge is -2.15. The number of furan rings is 1. The van der Waals surface area contributed by atoms with Crippen LogP contribution in [0, 0.1) is 0 Å². The van der Waals surface area contributed by atoms with Crippen LogP contribution < -0.4 is 9.62 Å². The molecule has 0 radical (unpaired) electrons. The molecule has 0 aliphatic heterocycles. The van der Waals surface area contributed by atoms with Gasteiger partial charge in [0.1, 0.15) is 6.26 Å². The predicted molar refractivity (Wildman–Crippen MR) is 88.2 cm³/mol. The van der Waals surface area contributed by atoms with Gasteiger partial charge in [-0.25, -0.2) is 13.9 Å². The quantitative estimate of drug-likeness (QED) is 0.627. The summed E-state index contributed by atoms with van der Waals surface area (Å²) in [6.45, 7) is 1.58. The average molecular weight is 357 g/mol. The normalized spacial score (nSPS) is 11.8. The number of nitrogens with zero attached hydrogens (tertiary/aromatic N) is 1. The molecule has 122 valence electrons. The van der Waals surface area contributed by atoms with Crippen molar-refractivity contribution in [3.8, 4) is 0 Å². The van der Waals surface area contributed by atoms with E-state index in [-0.39, 0.29) is 11.4 Å². The van der Waals surface area contributed by atoms with Crippen LogP contribution in [0.1, 0.15) is 29.1 Å². The van der Waals surface area contributed by atoms with Crippen LogP contribution in [0.2, 0.25) is 5.02 Å². The Bertz CT molecular complexity index is 747. The Labute approximate surface area is 142 Å². The molecule has 1 atom stereocenters. The van der Waals surface area contributed by atoms with E-state index >= 15 is 0 Å². The molecule has 1 heterocycles. The SMILES string of the molecule is CC(O)c1ccc(NC(=O)N(S)c2coc(C(=O)O)c2)cc1Cl. The van der Waals surface area contributed by atoms with Gasteiger partial charge in [0.2, 0.25) is 5.76 Å². The minimum absolute atomic E-state index is 0.162. The number of urea groups is 1. The molecule has 0 saturated carbocycles. The first-order valence-electron chi connectivity index (χ1n) is 6.39. The van der Waals surface area contributed by atoms with E-state index in [9.17, 15) is 14.7 Å². The number of thiol groups is 1. The van der Waals surface area contributed by atoms with Crippen LogP contribution in [0.25, 0.3) is 0 Å². The fourth-order valence-corrected chi connectivity index (χ4v) is 2.28. The highest BCUT2D eigenvalue weighted by molar-refractivity contribution is 7.82. The van der Waals surface area contributed by atoms with Crippen molar-refractivity contribution in [2.24, 2.45) is 0 Å². The molecular formula is C14H13ClN2O5S. The number of halogens is 1. The first-order valence-corrected chi connectivity index (χ1v) is 7.16. The van der Waals surface area contributed by atoms with E-state index in [0.29, 0.717) is 16.3 Å². The van der Waals surface area contributed by atoms with Crippen molar-refractivity contribution in [1.82, 2.24) is 0 Å². The second-order valence-electron chi connectivity index (χ2n) is 4.63. The summed E-state index contributed by atoms with van der Waals surface area (Å²) in [5.74, 6) is -1.56. The Morgan fingerprint density at radius 1 is 1.39 bits per heavy atom. The minimum atomic E-state index is -1.25. The van der Waals surface area contributed by atoms with Crippen LogP contribution in [-0.4, -0.2) is 22.2 Å². The van der Waals surface area contributed by atoms with E-state index in [0.717, 1.165) is 10.6 Å². The number of carbonyl (C=O) groups excluding carboxylic acids is 1. The van der Waals surface area contributed by atoms with Crippen LogP contribution in [0.4, 0.5) is 16.2 Å². The highest BCUT2D eigenvalue weighted by atomic mass is 35.5. The monoisotopic (exact) mass is 356 g/mol. The Morgan fingerprint density at radius 2 is 2.09 bits per heavy atom. The maximum Gasteiger partial charge on any atom is 0.371 e. The zero-order valence-corrected chi connectivity index (χ0v) is 13.5. The van der Waals surface area contributed by atoms with Gasteiger partial charge in [-0.3, -0.25) is 0 Å². The van der Waals surface area contributed by atoms with Gasteiger partial charge < -0.3 is 19.9 Å². The number of carbonyl (C=O) groups is 2. The third-order valence-corrected chi connectivity index (χ3v) is 3.68. The highest BCUT2D eigenvalue weighted by Crippen LogP contribution is 2.27. The maximum absolute atomic E-state index is 12.1. The Hall–Kier alpha value is -2.16. The van der Waals surface area contributed by atoms with Gasteiger partial charge in [0.05, 0.1) is 11.8 Å². The average Bonchev–Trinajstić information content (AvgIpc) is 2.96. The number of aliphatic hydroxyl groups is 1. The molecule has 3 N–H and O–H groups in total. The second-order valence-corrected chi connectivity index (χ2v) is 5.44. The number of benzene rings is 1. The second kappa shape index (κ2) is 6.95. The van der Waals surface area contributed by atoms with E-state index in [1.54, 1.807) is 19.1 Å². The molecule has 0 bridgehead atoms. The molecule has 23 heavy (non-hydrogen) atoms. The topological polar surface area (TPSA) is 103 Å². The van der Waals surface area contributed by atoms with E-state index < -0.39 is 18.1 Å². The van der Waals surface area contributed by atoms with Gasteiger partial charge in [0.15, 0.2) is 0 Å². The lowest BCUT2D eigenvalue weighted by Crippen LogP contribution is -2.26. The zero-order valence-electron chi connectivity index (χ0n) is 11.9. The molecule has 0 spiro atoms. The number of carboxylic acids is 1. The fraction of sp³-hybridized carbons (Fsp3) is 0.143.